The normalized spacial score (nSPS) is 11.8. The highest BCUT2D eigenvalue weighted by Crippen LogP contribution is 2.43. The van der Waals surface area contributed by atoms with Crippen LogP contribution in [0, 0.1) is 0 Å². The summed E-state index contributed by atoms with van der Waals surface area (Å²) >= 11 is 3.52. The molecule has 7 heteroatoms. The minimum atomic E-state index is 0.595. The standard InChI is InChI=1S/C46H26N4OS2/c1-3-10-27(11-4-1)28-18-20-30(21-19-28)46-47-36-25-35-40(26-41(36)53-46)52-39-17-9-15-34(42(35)39)45-49-43(29-12-5-2-6-13-29)48-44(50-45)31-22-23-33-32-14-7-8-16-37(32)51-38(33)24-31/h1-26H. The monoisotopic (exact) mass is 714 g/mol. The van der Waals surface area contributed by atoms with Crippen LogP contribution in [0.4, 0.5) is 0 Å². The molecule has 248 valence electrons. The Labute approximate surface area is 311 Å². The Morgan fingerprint density at radius 1 is 0.377 bits per heavy atom. The van der Waals surface area contributed by atoms with E-state index >= 15 is 0 Å². The largest absolute Gasteiger partial charge is 0.456 e. The van der Waals surface area contributed by atoms with E-state index in [4.69, 9.17) is 24.4 Å². The van der Waals surface area contributed by atoms with Crippen molar-refractivity contribution in [2.45, 2.75) is 0 Å². The number of hydrogen-bond acceptors (Lipinski definition) is 7. The summed E-state index contributed by atoms with van der Waals surface area (Å²) in [6, 6.07) is 54.5. The second kappa shape index (κ2) is 12.0. The van der Waals surface area contributed by atoms with Gasteiger partial charge in [0.2, 0.25) is 0 Å². The van der Waals surface area contributed by atoms with Crippen molar-refractivity contribution in [3.8, 4) is 55.9 Å². The van der Waals surface area contributed by atoms with Gasteiger partial charge in [0.1, 0.15) is 16.2 Å². The van der Waals surface area contributed by atoms with Gasteiger partial charge in [-0.05, 0) is 47.5 Å². The Kier molecular flexibility index (Phi) is 6.83. The minimum absolute atomic E-state index is 0.595. The van der Waals surface area contributed by atoms with Crippen molar-refractivity contribution in [3.63, 3.8) is 0 Å². The zero-order valence-electron chi connectivity index (χ0n) is 28.0. The number of nitrogens with zero attached hydrogens (tertiary/aromatic N) is 4. The maximum absolute atomic E-state index is 6.25. The molecule has 11 aromatic rings. The van der Waals surface area contributed by atoms with Crippen LogP contribution in [0.15, 0.2) is 162 Å². The number of rotatable bonds is 5. The van der Waals surface area contributed by atoms with Crippen LogP contribution in [0.3, 0.4) is 0 Å². The highest BCUT2D eigenvalue weighted by molar-refractivity contribution is 7.26. The van der Waals surface area contributed by atoms with E-state index in [1.54, 1.807) is 22.7 Å². The molecule has 0 fully saturated rings. The van der Waals surface area contributed by atoms with Crippen LogP contribution in [0.5, 0.6) is 0 Å². The third-order valence-electron chi connectivity index (χ3n) is 9.79. The first-order valence-electron chi connectivity index (χ1n) is 17.4. The lowest BCUT2D eigenvalue weighted by Gasteiger charge is -2.09. The van der Waals surface area contributed by atoms with Crippen LogP contribution in [0.25, 0.3) is 108 Å². The number of benzene rings is 7. The van der Waals surface area contributed by atoms with Gasteiger partial charge in [-0.25, -0.2) is 19.9 Å². The van der Waals surface area contributed by atoms with E-state index in [1.165, 1.54) is 25.2 Å². The molecule has 7 aromatic carbocycles. The Morgan fingerprint density at radius 2 is 1.04 bits per heavy atom. The number of hydrogen-bond donors (Lipinski definition) is 0. The average molecular weight is 715 g/mol. The SMILES string of the molecule is c1ccc(-c2ccc(-c3nc4cc5c(cc4s3)sc3cccc(-c4nc(-c6ccccc6)nc(-c6ccc7c(c6)oc6ccccc67)n4)c35)cc2)cc1. The van der Waals surface area contributed by atoms with E-state index in [0.29, 0.717) is 17.5 Å². The molecular formula is C46H26N4OS2. The Bertz CT molecular complexity index is 3160. The van der Waals surface area contributed by atoms with Crippen molar-refractivity contribution in [1.29, 1.82) is 0 Å². The molecule has 0 aliphatic carbocycles. The van der Waals surface area contributed by atoms with E-state index in [2.05, 4.69) is 97.1 Å². The lowest BCUT2D eigenvalue weighted by atomic mass is 10.0. The fraction of sp³-hybridized carbons (Fsp3) is 0. The van der Waals surface area contributed by atoms with Gasteiger partial charge in [0.15, 0.2) is 17.5 Å². The molecule has 0 aliphatic heterocycles. The molecule has 11 rings (SSSR count). The predicted molar refractivity (Wildman–Crippen MR) is 220 cm³/mol. The van der Waals surface area contributed by atoms with E-state index in [0.717, 1.165) is 65.5 Å². The molecule has 53 heavy (non-hydrogen) atoms. The molecule has 0 bridgehead atoms. The topological polar surface area (TPSA) is 64.7 Å². The average Bonchev–Trinajstić information content (AvgIpc) is 3.93. The highest BCUT2D eigenvalue weighted by Gasteiger charge is 2.19. The summed E-state index contributed by atoms with van der Waals surface area (Å²) in [5, 5.41) is 5.44. The molecule has 0 saturated heterocycles. The van der Waals surface area contributed by atoms with Crippen molar-refractivity contribution in [2.24, 2.45) is 0 Å². The molecule has 0 spiro atoms. The molecule has 0 N–H and O–H groups in total. The van der Waals surface area contributed by atoms with Gasteiger partial charge >= 0.3 is 0 Å². The first-order valence-corrected chi connectivity index (χ1v) is 19.0. The lowest BCUT2D eigenvalue weighted by molar-refractivity contribution is 0.669. The van der Waals surface area contributed by atoms with E-state index in [-0.39, 0.29) is 0 Å². The van der Waals surface area contributed by atoms with Gasteiger partial charge < -0.3 is 4.42 Å². The summed E-state index contributed by atoms with van der Waals surface area (Å²) in [6.07, 6.45) is 0. The number of para-hydroxylation sites is 1. The maximum atomic E-state index is 6.25. The Morgan fingerprint density at radius 3 is 1.87 bits per heavy atom. The van der Waals surface area contributed by atoms with Gasteiger partial charge in [0.05, 0.1) is 10.2 Å². The molecule has 4 heterocycles. The van der Waals surface area contributed by atoms with Crippen molar-refractivity contribution < 1.29 is 4.42 Å². The Hall–Kier alpha value is -6.54. The third-order valence-corrected chi connectivity index (χ3v) is 12.0. The lowest BCUT2D eigenvalue weighted by Crippen LogP contribution is -2.00. The van der Waals surface area contributed by atoms with Gasteiger partial charge in [-0.1, -0.05) is 121 Å². The summed E-state index contributed by atoms with van der Waals surface area (Å²) in [5.74, 6) is 1.84. The van der Waals surface area contributed by atoms with Crippen LogP contribution in [0.1, 0.15) is 0 Å². The Balaban J connectivity index is 1.05. The van der Waals surface area contributed by atoms with Gasteiger partial charge in [-0.2, -0.15) is 0 Å². The zero-order chi connectivity index (χ0) is 34.9. The summed E-state index contributed by atoms with van der Waals surface area (Å²) in [6.45, 7) is 0. The summed E-state index contributed by atoms with van der Waals surface area (Å²) in [7, 11) is 0. The van der Waals surface area contributed by atoms with Crippen molar-refractivity contribution >= 4 is 75.0 Å². The second-order valence-electron chi connectivity index (χ2n) is 13.0. The van der Waals surface area contributed by atoms with Gasteiger partial charge in [-0.15, -0.1) is 22.7 Å². The second-order valence-corrected chi connectivity index (χ2v) is 15.2. The molecule has 0 atom stereocenters. The van der Waals surface area contributed by atoms with Crippen LogP contribution < -0.4 is 0 Å². The summed E-state index contributed by atoms with van der Waals surface area (Å²) in [4.78, 5) is 20.4. The van der Waals surface area contributed by atoms with E-state index < -0.39 is 0 Å². The first-order chi connectivity index (χ1) is 26.2. The van der Waals surface area contributed by atoms with Gasteiger partial charge in [0.25, 0.3) is 0 Å². The fourth-order valence-electron chi connectivity index (χ4n) is 7.20. The molecule has 4 aromatic heterocycles. The quantitative estimate of drug-likeness (QED) is 0.178. The number of furan rings is 1. The van der Waals surface area contributed by atoms with Crippen LogP contribution >= 0.6 is 22.7 Å². The number of thiazole rings is 1. The minimum Gasteiger partial charge on any atom is -0.456 e. The van der Waals surface area contributed by atoms with E-state index in [1.807, 2.05) is 60.7 Å². The smallest absolute Gasteiger partial charge is 0.164 e. The predicted octanol–water partition coefficient (Wildman–Crippen LogP) is 13.1. The van der Waals surface area contributed by atoms with Crippen molar-refractivity contribution in [2.75, 3.05) is 0 Å². The molecule has 0 amide bonds. The first kappa shape index (κ1) is 30.1. The van der Waals surface area contributed by atoms with Crippen LogP contribution in [-0.2, 0) is 0 Å². The van der Waals surface area contributed by atoms with Crippen molar-refractivity contribution in [3.05, 3.63) is 158 Å². The fourth-order valence-corrected chi connectivity index (χ4v) is 9.42. The molecule has 0 aliphatic rings. The highest BCUT2D eigenvalue weighted by atomic mass is 32.1. The molecule has 0 saturated carbocycles. The molecule has 0 radical (unpaired) electrons. The third kappa shape index (κ3) is 5.12. The van der Waals surface area contributed by atoms with Gasteiger partial charge in [0, 0.05) is 53.2 Å². The summed E-state index contributed by atoms with van der Waals surface area (Å²) in [5.41, 5.74) is 8.93. The summed E-state index contributed by atoms with van der Waals surface area (Å²) < 4.78 is 9.81. The molecule has 5 nitrogen and oxygen atoms in total. The number of thiophene rings is 1. The number of fused-ring (bicyclic) bond motifs is 7. The van der Waals surface area contributed by atoms with Crippen LogP contribution in [0.2, 0.25) is 0 Å². The number of aromatic nitrogens is 4. The molecular weight excluding hydrogens is 689 g/mol. The van der Waals surface area contributed by atoms with E-state index in [9.17, 15) is 0 Å². The zero-order valence-corrected chi connectivity index (χ0v) is 29.7. The van der Waals surface area contributed by atoms with Crippen molar-refractivity contribution in [1.82, 2.24) is 19.9 Å². The van der Waals surface area contributed by atoms with Crippen LogP contribution in [-0.4, -0.2) is 19.9 Å². The van der Waals surface area contributed by atoms with Gasteiger partial charge in [-0.3, -0.25) is 0 Å². The molecule has 0 unspecified atom stereocenters. The maximum Gasteiger partial charge on any atom is 0.164 e.